The Morgan fingerprint density at radius 1 is 1.35 bits per heavy atom. The lowest BCUT2D eigenvalue weighted by molar-refractivity contribution is 0.0611. The first-order chi connectivity index (χ1) is 8.24. The predicted molar refractivity (Wildman–Crippen MR) is 66.3 cm³/mol. The molecule has 4 nitrogen and oxygen atoms in total. The molecule has 94 valence electrons. The van der Waals surface area contributed by atoms with Gasteiger partial charge in [-0.25, -0.2) is 0 Å². The number of furan rings is 1. The highest BCUT2D eigenvalue weighted by molar-refractivity contribution is 6.16. The van der Waals surface area contributed by atoms with E-state index in [-0.39, 0.29) is 5.91 Å². The van der Waals surface area contributed by atoms with Crippen molar-refractivity contribution in [2.45, 2.75) is 12.8 Å². The highest BCUT2D eigenvalue weighted by Crippen LogP contribution is 2.13. The standard InChI is InChI=1S/C12H17ClN2O2/c1-2-14-5-7-15(8-6-14)12(16)11-4-3-10(9-13)17-11/h3-4H,2,5-9H2,1H3. The van der Waals surface area contributed by atoms with E-state index in [4.69, 9.17) is 16.0 Å². The fraction of sp³-hybridized carbons (Fsp3) is 0.583. The molecule has 1 saturated heterocycles. The number of hydrogen-bond acceptors (Lipinski definition) is 3. The fourth-order valence-electron chi connectivity index (χ4n) is 1.99. The van der Waals surface area contributed by atoms with Crippen molar-refractivity contribution in [2.24, 2.45) is 0 Å². The predicted octanol–water partition coefficient (Wildman–Crippen LogP) is 1.80. The van der Waals surface area contributed by atoms with Crippen molar-refractivity contribution in [3.8, 4) is 0 Å². The van der Waals surface area contributed by atoms with E-state index in [2.05, 4.69) is 11.8 Å². The van der Waals surface area contributed by atoms with Crippen LogP contribution in [0.1, 0.15) is 23.2 Å². The number of nitrogens with zero attached hydrogens (tertiary/aromatic N) is 2. The second-order valence-electron chi connectivity index (χ2n) is 4.13. The van der Waals surface area contributed by atoms with Gasteiger partial charge in [-0.1, -0.05) is 6.92 Å². The van der Waals surface area contributed by atoms with Crippen LogP contribution in [0.5, 0.6) is 0 Å². The molecule has 0 aromatic carbocycles. The fourth-order valence-corrected chi connectivity index (χ4v) is 2.13. The van der Waals surface area contributed by atoms with Crippen molar-refractivity contribution in [3.05, 3.63) is 23.7 Å². The van der Waals surface area contributed by atoms with Crippen LogP contribution >= 0.6 is 11.6 Å². The largest absolute Gasteiger partial charge is 0.455 e. The number of rotatable bonds is 3. The Morgan fingerprint density at radius 3 is 2.59 bits per heavy atom. The normalized spacial score (nSPS) is 17.4. The molecule has 1 aliphatic rings. The molecule has 0 unspecified atom stereocenters. The molecule has 0 aliphatic carbocycles. The molecule has 0 saturated carbocycles. The minimum atomic E-state index is -0.0304. The van der Waals surface area contributed by atoms with Crippen LogP contribution in [-0.4, -0.2) is 48.4 Å². The van der Waals surface area contributed by atoms with Crippen LogP contribution in [0.15, 0.2) is 16.5 Å². The van der Waals surface area contributed by atoms with E-state index < -0.39 is 0 Å². The highest BCUT2D eigenvalue weighted by Gasteiger charge is 2.23. The molecular weight excluding hydrogens is 240 g/mol. The van der Waals surface area contributed by atoms with Gasteiger partial charge < -0.3 is 14.2 Å². The molecule has 1 amide bonds. The van der Waals surface area contributed by atoms with Crippen LogP contribution in [0.25, 0.3) is 0 Å². The van der Waals surface area contributed by atoms with Crippen molar-refractivity contribution in [1.29, 1.82) is 0 Å². The van der Waals surface area contributed by atoms with Crippen molar-refractivity contribution in [2.75, 3.05) is 32.7 Å². The molecular formula is C12H17ClN2O2. The van der Waals surface area contributed by atoms with Gasteiger partial charge in [-0.3, -0.25) is 4.79 Å². The molecule has 1 aliphatic heterocycles. The van der Waals surface area contributed by atoms with E-state index in [1.165, 1.54) is 0 Å². The van der Waals surface area contributed by atoms with Gasteiger partial charge in [0.1, 0.15) is 5.76 Å². The monoisotopic (exact) mass is 256 g/mol. The second kappa shape index (κ2) is 5.56. The lowest BCUT2D eigenvalue weighted by atomic mass is 10.3. The first-order valence-electron chi connectivity index (χ1n) is 5.91. The summed E-state index contributed by atoms with van der Waals surface area (Å²) in [7, 11) is 0. The molecule has 0 N–H and O–H groups in total. The molecule has 5 heteroatoms. The Hall–Kier alpha value is -1.00. The molecule has 1 aromatic rings. The van der Waals surface area contributed by atoms with Crippen LogP contribution in [0.4, 0.5) is 0 Å². The van der Waals surface area contributed by atoms with E-state index in [0.717, 1.165) is 32.7 Å². The number of carbonyl (C=O) groups is 1. The summed E-state index contributed by atoms with van der Waals surface area (Å²) >= 11 is 5.64. The lowest BCUT2D eigenvalue weighted by Gasteiger charge is -2.33. The third kappa shape index (κ3) is 2.82. The summed E-state index contributed by atoms with van der Waals surface area (Å²) in [6.07, 6.45) is 0. The topological polar surface area (TPSA) is 36.7 Å². The summed E-state index contributed by atoms with van der Waals surface area (Å²) in [5.74, 6) is 1.31. The van der Waals surface area contributed by atoms with Crippen LogP contribution in [0.2, 0.25) is 0 Å². The van der Waals surface area contributed by atoms with E-state index in [0.29, 0.717) is 17.4 Å². The first kappa shape index (κ1) is 12.5. The summed E-state index contributed by atoms with van der Waals surface area (Å²) in [4.78, 5) is 16.3. The molecule has 0 radical (unpaired) electrons. The summed E-state index contributed by atoms with van der Waals surface area (Å²) < 4.78 is 5.36. The Balaban J connectivity index is 1.96. The zero-order valence-electron chi connectivity index (χ0n) is 9.99. The van der Waals surface area contributed by atoms with Crippen LogP contribution in [-0.2, 0) is 5.88 Å². The van der Waals surface area contributed by atoms with Gasteiger partial charge in [0, 0.05) is 26.2 Å². The number of likely N-dealkylation sites (N-methyl/N-ethyl adjacent to an activating group) is 1. The number of hydrogen-bond donors (Lipinski definition) is 0. The third-order valence-electron chi connectivity index (χ3n) is 3.11. The number of carbonyl (C=O) groups excluding carboxylic acids is 1. The van der Waals surface area contributed by atoms with Crippen molar-refractivity contribution in [1.82, 2.24) is 9.80 Å². The van der Waals surface area contributed by atoms with Gasteiger partial charge in [0.25, 0.3) is 5.91 Å². The molecule has 1 fully saturated rings. The van der Waals surface area contributed by atoms with Gasteiger partial charge in [0.2, 0.25) is 0 Å². The SMILES string of the molecule is CCN1CCN(C(=O)c2ccc(CCl)o2)CC1. The molecule has 1 aromatic heterocycles. The minimum absolute atomic E-state index is 0.0304. The quantitative estimate of drug-likeness (QED) is 0.774. The maximum atomic E-state index is 12.1. The van der Waals surface area contributed by atoms with Gasteiger partial charge in [0.15, 0.2) is 5.76 Å². The van der Waals surface area contributed by atoms with E-state index in [9.17, 15) is 4.79 Å². The van der Waals surface area contributed by atoms with Gasteiger partial charge in [0.05, 0.1) is 5.88 Å². The van der Waals surface area contributed by atoms with E-state index >= 15 is 0 Å². The highest BCUT2D eigenvalue weighted by atomic mass is 35.5. The van der Waals surface area contributed by atoms with Crippen molar-refractivity contribution in [3.63, 3.8) is 0 Å². The number of amides is 1. The average Bonchev–Trinajstić information content (AvgIpc) is 2.87. The molecule has 17 heavy (non-hydrogen) atoms. The second-order valence-corrected chi connectivity index (χ2v) is 4.39. The maximum absolute atomic E-state index is 12.1. The van der Waals surface area contributed by atoms with Crippen LogP contribution < -0.4 is 0 Å². The Bertz CT molecular complexity index is 384. The number of alkyl halides is 1. The van der Waals surface area contributed by atoms with Gasteiger partial charge in [-0.05, 0) is 18.7 Å². The summed E-state index contributed by atoms with van der Waals surface area (Å²) in [6.45, 7) is 6.58. The molecule has 0 atom stereocenters. The van der Waals surface area contributed by atoms with Crippen LogP contribution in [0.3, 0.4) is 0 Å². The summed E-state index contributed by atoms with van der Waals surface area (Å²) in [5.41, 5.74) is 0. The van der Waals surface area contributed by atoms with Gasteiger partial charge in [-0.15, -0.1) is 11.6 Å². The van der Waals surface area contributed by atoms with Crippen LogP contribution in [0, 0.1) is 0 Å². The lowest BCUT2D eigenvalue weighted by Crippen LogP contribution is -2.48. The van der Waals surface area contributed by atoms with Crippen molar-refractivity contribution >= 4 is 17.5 Å². The van der Waals surface area contributed by atoms with Gasteiger partial charge >= 0.3 is 0 Å². The maximum Gasteiger partial charge on any atom is 0.289 e. The number of halogens is 1. The first-order valence-corrected chi connectivity index (χ1v) is 6.44. The zero-order chi connectivity index (χ0) is 12.3. The molecule has 0 bridgehead atoms. The van der Waals surface area contributed by atoms with E-state index in [1.807, 2.05) is 4.90 Å². The molecule has 0 spiro atoms. The third-order valence-corrected chi connectivity index (χ3v) is 3.37. The smallest absolute Gasteiger partial charge is 0.289 e. The minimum Gasteiger partial charge on any atom is -0.455 e. The Kier molecular flexibility index (Phi) is 4.07. The summed E-state index contributed by atoms with van der Waals surface area (Å²) in [5, 5.41) is 0. The molecule has 2 rings (SSSR count). The zero-order valence-corrected chi connectivity index (χ0v) is 10.7. The van der Waals surface area contributed by atoms with E-state index in [1.54, 1.807) is 12.1 Å². The number of piperazine rings is 1. The summed E-state index contributed by atoms with van der Waals surface area (Å²) in [6, 6.07) is 3.45. The average molecular weight is 257 g/mol. The van der Waals surface area contributed by atoms with Gasteiger partial charge in [-0.2, -0.15) is 0 Å². The molecule has 2 heterocycles. The van der Waals surface area contributed by atoms with Crippen molar-refractivity contribution < 1.29 is 9.21 Å². The Labute approximate surface area is 106 Å². The Morgan fingerprint density at radius 2 is 2.06 bits per heavy atom.